The Morgan fingerprint density at radius 1 is 1.19 bits per heavy atom. The number of nitrogens with zero attached hydrogens (tertiary/aromatic N) is 1. The molecule has 1 unspecified atom stereocenters. The van der Waals surface area contributed by atoms with Gasteiger partial charge >= 0.3 is 0 Å². The van der Waals surface area contributed by atoms with Crippen molar-refractivity contribution in [3.05, 3.63) is 68.2 Å². The lowest BCUT2D eigenvalue weighted by Gasteiger charge is -2.17. The molecule has 0 saturated carbocycles. The molecular weight excluding hydrogens is 288 g/mol. The highest BCUT2D eigenvalue weighted by Crippen LogP contribution is 2.31. The number of rotatable bonds is 4. The van der Waals surface area contributed by atoms with Crippen molar-refractivity contribution in [2.45, 2.75) is 26.8 Å². The molecule has 0 amide bonds. The van der Waals surface area contributed by atoms with Crippen LogP contribution in [0.2, 0.25) is 5.02 Å². The Labute approximate surface area is 128 Å². The molecule has 2 aromatic carbocycles. The second kappa shape index (κ2) is 6.14. The highest BCUT2D eigenvalue weighted by Gasteiger charge is 2.17. The van der Waals surface area contributed by atoms with Crippen LogP contribution < -0.4 is 5.32 Å². The van der Waals surface area contributed by atoms with Gasteiger partial charge in [-0.1, -0.05) is 23.7 Å². The van der Waals surface area contributed by atoms with Crippen molar-refractivity contribution in [2.24, 2.45) is 0 Å². The zero-order valence-electron chi connectivity index (χ0n) is 12.2. The molecule has 0 aliphatic rings. The van der Waals surface area contributed by atoms with Crippen LogP contribution in [0.25, 0.3) is 0 Å². The normalized spacial score (nSPS) is 12.0. The number of aryl methyl sites for hydroxylation is 2. The smallest absolute Gasteiger partial charge is 0.292 e. The molecule has 0 fully saturated rings. The number of anilines is 1. The molecule has 1 atom stereocenters. The summed E-state index contributed by atoms with van der Waals surface area (Å²) in [5, 5.41) is 15.1. The highest BCUT2D eigenvalue weighted by atomic mass is 35.5. The maximum atomic E-state index is 11.2. The fourth-order valence-electron chi connectivity index (χ4n) is 2.16. The molecule has 0 spiro atoms. The molecule has 0 aromatic heterocycles. The van der Waals surface area contributed by atoms with Gasteiger partial charge in [0.05, 0.1) is 4.92 Å². The van der Waals surface area contributed by atoms with E-state index in [0.29, 0.717) is 10.7 Å². The fourth-order valence-corrected chi connectivity index (χ4v) is 2.36. The average molecular weight is 305 g/mol. The van der Waals surface area contributed by atoms with Crippen molar-refractivity contribution in [1.29, 1.82) is 0 Å². The molecular formula is C16H17ClN2O2. The summed E-state index contributed by atoms with van der Waals surface area (Å²) in [7, 11) is 0. The topological polar surface area (TPSA) is 55.2 Å². The maximum Gasteiger partial charge on any atom is 0.292 e. The first-order valence-corrected chi connectivity index (χ1v) is 7.04. The summed E-state index contributed by atoms with van der Waals surface area (Å²) in [4.78, 5) is 10.8. The van der Waals surface area contributed by atoms with E-state index in [9.17, 15) is 10.1 Å². The van der Waals surface area contributed by atoms with Crippen LogP contribution in [-0.2, 0) is 0 Å². The molecule has 0 saturated heterocycles. The average Bonchev–Trinajstić information content (AvgIpc) is 2.42. The lowest BCUT2D eigenvalue weighted by atomic mass is 10.1. The van der Waals surface area contributed by atoms with E-state index in [1.165, 1.54) is 0 Å². The van der Waals surface area contributed by atoms with Gasteiger partial charge in [-0.05, 0) is 55.7 Å². The van der Waals surface area contributed by atoms with Gasteiger partial charge in [-0.3, -0.25) is 10.1 Å². The summed E-state index contributed by atoms with van der Waals surface area (Å²) in [6.45, 7) is 5.76. The summed E-state index contributed by atoms with van der Waals surface area (Å²) < 4.78 is 0. The first-order chi connectivity index (χ1) is 9.88. The quantitative estimate of drug-likeness (QED) is 0.636. The Bertz CT molecular complexity index is 686. The third-order valence-electron chi connectivity index (χ3n) is 3.53. The summed E-state index contributed by atoms with van der Waals surface area (Å²) in [6.07, 6.45) is 0. The van der Waals surface area contributed by atoms with E-state index in [1.54, 1.807) is 12.1 Å². The van der Waals surface area contributed by atoms with Gasteiger partial charge in [0.25, 0.3) is 5.69 Å². The molecule has 1 N–H and O–H groups in total. The Kier molecular flexibility index (Phi) is 4.48. The minimum atomic E-state index is -0.362. The van der Waals surface area contributed by atoms with Crippen molar-refractivity contribution in [2.75, 3.05) is 5.32 Å². The second-order valence-electron chi connectivity index (χ2n) is 5.13. The van der Waals surface area contributed by atoms with Crippen LogP contribution in [-0.4, -0.2) is 4.92 Å². The van der Waals surface area contributed by atoms with Gasteiger partial charge in [0.1, 0.15) is 5.69 Å². The molecule has 0 bridgehead atoms. The van der Waals surface area contributed by atoms with Crippen molar-refractivity contribution in [3.63, 3.8) is 0 Å². The van der Waals surface area contributed by atoms with E-state index in [-0.39, 0.29) is 16.7 Å². The van der Waals surface area contributed by atoms with E-state index >= 15 is 0 Å². The minimum absolute atomic E-state index is 0.0792. The Hall–Kier alpha value is -2.07. The summed E-state index contributed by atoms with van der Waals surface area (Å²) in [5.41, 5.74) is 3.52. The van der Waals surface area contributed by atoms with Gasteiger partial charge in [-0.25, -0.2) is 0 Å². The predicted octanol–water partition coefficient (Wildman–Crippen LogP) is 5.04. The van der Waals surface area contributed by atoms with Gasteiger partial charge in [0, 0.05) is 17.1 Å². The van der Waals surface area contributed by atoms with Gasteiger partial charge in [0.15, 0.2) is 0 Å². The number of hydrogen-bond acceptors (Lipinski definition) is 3. The van der Waals surface area contributed by atoms with Crippen molar-refractivity contribution >= 4 is 23.0 Å². The molecule has 21 heavy (non-hydrogen) atoms. The zero-order chi connectivity index (χ0) is 15.6. The number of nitro groups is 1. The van der Waals surface area contributed by atoms with E-state index in [1.807, 2.05) is 45.0 Å². The van der Waals surface area contributed by atoms with Crippen molar-refractivity contribution < 1.29 is 4.92 Å². The monoisotopic (exact) mass is 304 g/mol. The lowest BCUT2D eigenvalue weighted by molar-refractivity contribution is -0.384. The van der Waals surface area contributed by atoms with Crippen LogP contribution in [0.1, 0.15) is 29.7 Å². The van der Waals surface area contributed by atoms with Crippen LogP contribution >= 0.6 is 11.6 Å². The molecule has 2 aromatic rings. The molecule has 4 nitrogen and oxygen atoms in total. The molecule has 110 valence electrons. The van der Waals surface area contributed by atoms with Gasteiger partial charge in [-0.2, -0.15) is 0 Å². The molecule has 2 rings (SSSR count). The summed E-state index contributed by atoms with van der Waals surface area (Å²) in [6, 6.07) is 10.8. The SMILES string of the molecule is Cc1cc(NC(C)c2cccc(Cl)c2)c([N+](=O)[O-])cc1C. The molecule has 0 aliphatic heterocycles. The lowest BCUT2D eigenvalue weighted by Crippen LogP contribution is -2.09. The largest absolute Gasteiger partial charge is 0.373 e. The van der Waals surface area contributed by atoms with Crippen LogP contribution in [0.3, 0.4) is 0 Å². The number of halogens is 1. The predicted molar refractivity (Wildman–Crippen MR) is 86.1 cm³/mol. The number of nitro benzene ring substituents is 1. The molecule has 0 heterocycles. The van der Waals surface area contributed by atoms with Crippen molar-refractivity contribution in [3.8, 4) is 0 Å². The van der Waals surface area contributed by atoms with E-state index in [4.69, 9.17) is 11.6 Å². The van der Waals surface area contributed by atoms with Crippen LogP contribution in [0.5, 0.6) is 0 Å². The number of hydrogen-bond donors (Lipinski definition) is 1. The van der Waals surface area contributed by atoms with E-state index in [2.05, 4.69) is 5.32 Å². The fraction of sp³-hybridized carbons (Fsp3) is 0.250. The van der Waals surface area contributed by atoms with Crippen LogP contribution in [0, 0.1) is 24.0 Å². The first kappa shape index (κ1) is 15.3. The summed E-state index contributed by atoms with van der Waals surface area (Å²) in [5.74, 6) is 0. The van der Waals surface area contributed by atoms with Crippen molar-refractivity contribution in [1.82, 2.24) is 0 Å². The highest BCUT2D eigenvalue weighted by molar-refractivity contribution is 6.30. The molecule has 0 aliphatic carbocycles. The van der Waals surface area contributed by atoms with E-state index < -0.39 is 0 Å². The molecule has 5 heteroatoms. The van der Waals surface area contributed by atoms with Gasteiger partial charge in [0.2, 0.25) is 0 Å². The Balaban J connectivity index is 2.34. The first-order valence-electron chi connectivity index (χ1n) is 6.66. The molecule has 0 radical (unpaired) electrons. The number of benzene rings is 2. The third kappa shape index (κ3) is 3.52. The minimum Gasteiger partial charge on any atom is -0.373 e. The van der Waals surface area contributed by atoms with Crippen LogP contribution in [0.15, 0.2) is 36.4 Å². The van der Waals surface area contributed by atoms with E-state index in [0.717, 1.165) is 16.7 Å². The zero-order valence-corrected chi connectivity index (χ0v) is 12.9. The maximum absolute atomic E-state index is 11.2. The Morgan fingerprint density at radius 3 is 2.48 bits per heavy atom. The Morgan fingerprint density at radius 2 is 1.86 bits per heavy atom. The number of nitrogens with one attached hydrogen (secondary N) is 1. The standard InChI is InChI=1S/C16H17ClN2O2/c1-10-7-15(16(19(20)21)8-11(10)2)18-12(3)13-5-4-6-14(17)9-13/h4-9,12,18H,1-3H3. The third-order valence-corrected chi connectivity index (χ3v) is 3.76. The second-order valence-corrected chi connectivity index (χ2v) is 5.57. The van der Waals surface area contributed by atoms with Gasteiger partial charge < -0.3 is 5.32 Å². The van der Waals surface area contributed by atoms with Gasteiger partial charge in [-0.15, -0.1) is 0 Å². The summed E-state index contributed by atoms with van der Waals surface area (Å²) >= 11 is 5.98. The van der Waals surface area contributed by atoms with Crippen LogP contribution in [0.4, 0.5) is 11.4 Å².